The van der Waals surface area contributed by atoms with Crippen LogP contribution in [0.5, 0.6) is 23.0 Å². The van der Waals surface area contributed by atoms with Crippen LogP contribution < -0.4 is 23.4 Å². The monoisotopic (exact) mass is 894 g/mol. The zero-order valence-electron chi connectivity index (χ0n) is 36.1. The van der Waals surface area contributed by atoms with E-state index in [-0.39, 0.29) is 34.5 Å². The number of methoxy groups -OCH3 is 3. The first-order chi connectivity index (χ1) is 26.3. The minimum absolute atomic E-state index is 0.0524. The van der Waals surface area contributed by atoms with Crippen molar-refractivity contribution in [2.45, 2.75) is 89.3 Å². The fourth-order valence-electron chi connectivity index (χ4n) is 4.87. The molecule has 0 bridgehead atoms. The van der Waals surface area contributed by atoms with E-state index >= 15 is 0 Å². The molecule has 0 radical (unpaired) electrons. The van der Waals surface area contributed by atoms with E-state index in [1.807, 2.05) is 37.3 Å². The van der Waals surface area contributed by atoms with Crippen molar-refractivity contribution in [3.8, 4) is 23.0 Å². The number of hydrogen-bond donors (Lipinski definition) is 0. The number of carbonyl (C=O) groups is 2. The van der Waals surface area contributed by atoms with Gasteiger partial charge < -0.3 is 18.9 Å². The standard InChI is InChI=1S/C26H40O5SeSi2.C16H26O5Si/c1-28-20-31-24-18-22(29-13-15-33(2,3)4)17-21(19-32-23-11-9-8-10-12-23)25(24)26(27)30-14-16-34(5,6)7;1-12-9-13(20-7-8-22(4,5)6)10-14(21-11-18-2)15(12)16(17)19-3/h8-12,17-18H,13-16,19-20H2,1-7H3;9-10H,7-8,11H2,1-6H3. The van der Waals surface area contributed by atoms with E-state index < -0.39 is 30.2 Å². The fourth-order valence-corrected chi connectivity index (χ4v) is 8.90. The van der Waals surface area contributed by atoms with Crippen LogP contribution in [-0.2, 0) is 24.3 Å². The molecule has 56 heavy (non-hydrogen) atoms. The van der Waals surface area contributed by atoms with E-state index in [1.165, 1.54) is 18.7 Å². The first kappa shape index (κ1) is 49.0. The molecule has 0 aliphatic heterocycles. The van der Waals surface area contributed by atoms with E-state index in [2.05, 4.69) is 71.1 Å². The molecule has 3 aromatic carbocycles. The van der Waals surface area contributed by atoms with Gasteiger partial charge in [0.15, 0.2) is 6.79 Å². The van der Waals surface area contributed by atoms with Gasteiger partial charge in [0.1, 0.15) is 17.1 Å². The molecule has 0 heterocycles. The molecule has 0 aliphatic rings. The summed E-state index contributed by atoms with van der Waals surface area (Å²) < 4.78 is 45.1. The Hall–Kier alpha value is -3.11. The summed E-state index contributed by atoms with van der Waals surface area (Å²) in [5.41, 5.74) is 2.54. The summed E-state index contributed by atoms with van der Waals surface area (Å²) in [7, 11) is 0.763. The molecule has 14 heteroatoms. The van der Waals surface area contributed by atoms with Crippen LogP contribution in [0, 0.1) is 6.92 Å². The summed E-state index contributed by atoms with van der Waals surface area (Å²) in [4.78, 5) is 25.1. The van der Waals surface area contributed by atoms with Gasteiger partial charge in [-0.15, -0.1) is 0 Å². The maximum absolute atomic E-state index is 13.2. The van der Waals surface area contributed by atoms with Crippen LogP contribution in [0.15, 0.2) is 54.6 Å². The van der Waals surface area contributed by atoms with E-state index in [0.29, 0.717) is 48.2 Å². The maximum atomic E-state index is 13.2. The average Bonchev–Trinajstić information content (AvgIpc) is 3.10. The molecule has 0 N–H and O–H groups in total. The molecule has 0 saturated heterocycles. The third-order valence-electron chi connectivity index (χ3n) is 8.15. The van der Waals surface area contributed by atoms with Crippen molar-refractivity contribution in [2.75, 3.05) is 54.7 Å². The molecule has 0 unspecified atom stereocenters. The quantitative estimate of drug-likeness (QED) is 0.0552. The van der Waals surface area contributed by atoms with Crippen LogP contribution in [0.25, 0.3) is 0 Å². The second-order valence-electron chi connectivity index (χ2n) is 17.0. The number of rotatable bonds is 22. The Kier molecular flexibility index (Phi) is 21.0. The van der Waals surface area contributed by atoms with E-state index in [0.717, 1.165) is 40.3 Å². The molecule has 3 aromatic rings. The van der Waals surface area contributed by atoms with Gasteiger partial charge in [0.25, 0.3) is 0 Å². The number of carbonyl (C=O) groups excluding carboxylic acids is 2. The normalized spacial score (nSPS) is 11.6. The Balaban J connectivity index is 0.000000425. The van der Waals surface area contributed by atoms with E-state index in [9.17, 15) is 9.59 Å². The Morgan fingerprint density at radius 3 is 1.55 bits per heavy atom. The van der Waals surface area contributed by atoms with Crippen LogP contribution in [0.2, 0.25) is 77.1 Å². The molecule has 3 rings (SSSR count). The van der Waals surface area contributed by atoms with Gasteiger partial charge in [0.2, 0.25) is 0 Å². The molecular weight excluding hydrogens is 828 g/mol. The summed E-state index contributed by atoms with van der Waals surface area (Å²) >= 11 is 0.157. The van der Waals surface area contributed by atoms with Crippen molar-refractivity contribution >= 4 is 55.6 Å². The second kappa shape index (κ2) is 24.0. The third kappa shape index (κ3) is 19.4. The molecule has 0 saturated carbocycles. The van der Waals surface area contributed by atoms with Gasteiger partial charge in [-0.3, -0.25) is 0 Å². The van der Waals surface area contributed by atoms with Gasteiger partial charge in [-0.05, 0) is 24.6 Å². The first-order valence-corrected chi connectivity index (χ1v) is 32.2. The molecule has 0 amide bonds. The number of benzene rings is 3. The summed E-state index contributed by atoms with van der Waals surface area (Å²) in [6.07, 6.45) is 0. The first-order valence-electron chi connectivity index (χ1n) is 19.0. The number of hydrogen-bond acceptors (Lipinski definition) is 10. The molecule has 0 atom stereocenters. The summed E-state index contributed by atoms with van der Waals surface area (Å²) in [5.74, 6) is 1.52. The van der Waals surface area contributed by atoms with Crippen LogP contribution >= 0.6 is 0 Å². The van der Waals surface area contributed by atoms with Gasteiger partial charge in [-0.1, -0.05) is 19.6 Å². The summed E-state index contributed by atoms with van der Waals surface area (Å²) in [6, 6.07) is 20.8. The third-order valence-corrected chi connectivity index (χ3v) is 15.5. The molecular formula is C42H66O10SeSi3. The van der Waals surface area contributed by atoms with Gasteiger partial charge in [0.05, 0.1) is 13.7 Å². The molecule has 0 spiro atoms. The van der Waals surface area contributed by atoms with Gasteiger partial charge >= 0.3 is 220 Å². The van der Waals surface area contributed by atoms with Crippen molar-refractivity contribution in [3.63, 3.8) is 0 Å². The van der Waals surface area contributed by atoms with E-state index in [4.69, 9.17) is 37.9 Å². The minimum atomic E-state index is -1.31. The molecule has 312 valence electrons. The van der Waals surface area contributed by atoms with Crippen molar-refractivity contribution in [1.82, 2.24) is 0 Å². The topological polar surface area (TPSA) is 108 Å². The van der Waals surface area contributed by atoms with Crippen LogP contribution in [-0.4, -0.2) is 106 Å². The predicted molar refractivity (Wildman–Crippen MR) is 235 cm³/mol. The number of esters is 2. The number of aryl methyl sites for hydroxylation is 1. The SMILES string of the molecule is COCOc1cc(OCC[Si](C)(C)C)cc(C)c1C(=O)OC.COCOc1cc(OCC[Si](C)(C)C)cc(C[Se]c2ccccc2)c1C(=O)OCC[Si](C)(C)C. The predicted octanol–water partition coefficient (Wildman–Crippen LogP) is 8.89. The summed E-state index contributed by atoms with van der Waals surface area (Å²) in [6.45, 7) is 24.4. The second-order valence-corrected chi connectivity index (χ2v) is 36.1. The van der Waals surface area contributed by atoms with Crippen LogP contribution in [0.3, 0.4) is 0 Å². The zero-order valence-corrected chi connectivity index (χ0v) is 40.8. The van der Waals surface area contributed by atoms with Gasteiger partial charge in [0, 0.05) is 21.3 Å². The number of ether oxygens (including phenoxy) is 8. The Labute approximate surface area is 345 Å². The van der Waals surface area contributed by atoms with Crippen molar-refractivity contribution in [3.05, 3.63) is 76.9 Å². The summed E-state index contributed by atoms with van der Waals surface area (Å²) in [5, 5.41) is 0.740. The average molecular weight is 894 g/mol. The van der Waals surface area contributed by atoms with Gasteiger partial charge in [-0.25, -0.2) is 4.79 Å². The molecule has 0 aliphatic carbocycles. The fraction of sp³-hybridized carbons (Fsp3) is 0.524. The zero-order chi connectivity index (χ0) is 41.9. The molecule has 10 nitrogen and oxygen atoms in total. The van der Waals surface area contributed by atoms with Crippen molar-refractivity contribution < 1.29 is 47.5 Å². The van der Waals surface area contributed by atoms with Crippen molar-refractivity contribution in [1.29, 1.82) is 0 Å². The molecule has 0 aromatic heterocycles. The Morgan fingerprint density at radius 1 is 0.589 bits per heavy atom. The Morgan fingerprint density at radius 2 is 1.07 bits per heavy atom. The van der Waals surface area contributed by atoms with Crippen molar-refractivity contribution in [2.24, 2.45) is 0 Å². The van der Waals surface area contributed by atoms with Crippen LogP contribution in [0.4, 0.5) is 0 Å². The van der Waals surface area contributed by atoms with Crippen LogP contribution in [0.1, 0.15) is 31.8 Å². The molecule has 0 fully saturated rings. The van der Waals surface area contributed by atoms with Gasteiger partial charge in [-0.2, -0.15) is 0 Å². The van der Waals surface area contributed by atoms with E-state index in [1.54, 1.807) is 19.2 Å². The Bertz CT molecular complexity index is 1650.